The normalized spacial score (nSPS) is 15.4. The zero-order valence-electron chi connectivity index (χ0n) is 20.4. The highest BCUT2D eigenvalue weighted by atomic mass is 16.6. The summed E-state index contributed by atoms with van der Waals surface area (Å²) < 4.78 is 22.9. The summed E-state index contributed by atoms with van der Waals surface area (Å²) in [6.45, 7) is 2.34. The first kappa shape index (κ1) is 24.8. The van der Waals surface area contributed by atoms with Crippen LogP contribution in [0.5, 0.6) is 23.0 Å². The molecule has 1 aliphatic rings. The van der Waals surface area contributed by atoms with Crippen LogP contribution in [0.3, 0.4) is 0 Å². The maximum atomic E-state index is 13.5. The molecule has 0 bridgehead atoms. The Hall–Kier alpha value is -4.27. The second-order valence-electron chi connectivity index (χ2n) is 8.34. The predicted molar refractivity (Wildman–Crippen MR) is 133 cm³/mol. The Labute approximate surface area is 209 Å². The molecule has 188 valence electrons. The first-order valence-electron chi connectivity index (χ1n) is 11.6. The van der Waals surface area contributed by atoms with Crippen molar-refractivity contribution in [3.8, 4) is 23.0 Å². The summed E-state index contributed by atoms with van der Waals surface area (Å²) in [5.41, 5.74) is 1.90. The fourth-order valence-corrected chi connectivity index (χ4v) is 4.30. The molecule has 36 heavy (non-hydrogen) atoms. The number of hydrogen-bond donors (Lipinski definition) is 0. The summed E-state index contributed by atoms with van der Waals surface area (Å²) in [6.07, 6.45) is -0.0796. The minimum absolute atomic E-state index is 0.0223. The largest absolute Gasteiger partial charge is 0.493 e. The molecule has 0 N–H and O–H groups in total. The smallest absolute Gasteiger partial charge is 0.269 e. The number of amides is 1. The van der Waals surface area contributed by atoms with Crippen LogP contribution in [-0.4, -0.2) is 49.2 Å². The van der Waals surface area contributed by atoms with Gasteiger partial charge in [0.05, 0.1) is 25.2 Å². The lowest BCUT2D eigenvalue weighted by Crippen LogP contribution is -2.47. The lowest BCUT2D eigenvalue weighted by atomic mass is 9.91. The third-order valence-electron chi connectivity index (χ3n) is 6.14. The second-order valence-corrected chi connectivity index (χ2v) is 8.34. The number of fused-ring (bicyclic) bond motifs is 1. The quantitative estimate of drug-likeness (QED) is 0.318. The highest BCUT2D eigenvalue weighted by Gasteiger charge is 2.35. The third-order valence-corrected chi connectivity index (χ3v) is 6.14. The van der Waals surface area contributed by atoms with E-state index in [2.05, 4.69) is 0 Å². The molecule has 0 radical (unpaired) electrons. The lowest BCUT2D eigenvalue weighted by Gasteiger charge is -2.38. The molecule has 0 saturated carbocycles. The molecular weight excluding hydrogens is 464 g/mol. The van der Waals surface area contributed by atoms with Crippen molar-refractivity contribution in [2.75, 3.05) is 27.4 Å². The van der Waals surface area contributed by atoms with Crippen LogP contribution >= 0.6 is 0 Å². The van der Waals surface area contributed by atoms with Crippen molar-refractivity contribution in [2.24, 2.45) is 0 Å². The summed E-state index contributed by atoms with van der Waals surface area (Å²) in [5.74, 6) is 2.08. The van der Waals surface area contributed by atoms with Gasteiger partial charge in [-0.3, -0.25) is 14.9 Å². The SMILES string of the molecule is COc1cc2c(cc1OC)[C@@H](COc1ccc([N+](=O)[O-])cc1)N(C(=O)[C@H](C)Oc1ccccc1)CC2. The van der Waals surface area contributed by atoms with Gasteiger partial charge in [-0.05, 0) is 60.9 Å². The number of para-hydroxylation sites is 1. The first-order valence-corrected chi connectivity index (χ1v) is 11.6. The summed E-state index contributed by atoms with van der Waals surface area (Å²) in [6, 6.07) is 18.4. The predicted octanol–water partition coefficient (Wildman–Crippen LogP) is 4.58. The maximum absolute atomic E-state index is 13.5. The molecular formula is C27H28N2O7. The van der Waals surface area contributed by atoms with Gasteiger partial charge < -0.3 is 23.8 Å². The van der Waals surface area contributed by atoms with Gasteiger partial charge in [-0.1, -0.05) is 18.2 Å². The summed E-state index contributed by atoms with van der Waals surface area (Å²) in [5, 5.41) is 11.0. The monoisotopic (exact) mass is 492 g/mol. The van der Waals surface area contributed by atoms with Gasteiger partial charge in [0.25, 0.3) is 11.6 Å². The van der Waals surface area contributed by atoms with Gasteiger partial charge in [-0.2, -0.15) is 0 Å². The van der Waals surface area contributed by atoms with E-state index in [1.54, 1.807) is 38.2 Å². The van der Waals surface area contributed by atoms with Crippen molar-refractivity contribution >= 4 is 11.6 Å². The van der Waals surface area contributed by atoms with Crippen LogP contribution in [0, 0.1) is 10.1 Å². The molecule has 0 aromatic heterocycles. The van der Waals surface area contributed by atoms with Crippen LogP contribution < -0.4 is 18.9 Å². The highest BCUT2D eigenvalue weighted by molar-refractivity contribution is 5.82. The number of carbonyl (C=O) groups is 1. The van der Waals surface area contributed by atoms with Crippen LogP contribution in [0.25, 0.3) is 0 Å². The Morgan fingerprint density at radius 1 is 1.03 bits per heavy atom. The Kier molecular flexibility index (Phi) is 7.58. The molecule has 3 aromatic carbocycles. The number of nitro groups is 1. The molecule has 0 saturated heterocycles. The van der Waals surface area contributed by atoms with Gasteiger partial charge in [0.2, 0.25) is 0 Å². The molecule has 0 unspecified atom stereocenters. The van der Waals surface area contributed by atoms with E-state index in [0.717, 1.165) is 11.1 Å². The maximum Gasteiger partial charge on any atom is 0.269 e. The number of non-ortho nitro benzene ring substituents is 1. The van der Waals surface area contributed by atoms with Crippen LogP contribution in [-0.2, 0) is 11.2 Å². The number of nitro benzene ring substituents is 1. The number of carbonyl (C=O) groups excluding carboxylic acids is 1. The van der Waals surface area contributed by atoms with Crippen LogP contribution in [0.1, 0.15) is 24.1 Å². The average molecular weight is 493 g/mol. The van der Waals surface area contributed by atoms with Gasteiger partial charge in [0, 0.05) is 18.7 Å². The molecule has 9 nitrogen and oxygen atoms in total. The minimum Gasteiger partial charge on any atom is -0.493 e. The number of benzene rings is 3. The number of hydrogen-bond acceptors (Lipinski definition) is 7. The third kappa shape index (κ3) is 5.35. The van der Waals surface area contributed by atoms with Crippen molar-refractivity contribution in [2.45, 2.75) is 25.5 Å². The van der Waals surface area contributed by atoms with E-state index < -0.39 is 17.1 Å². The Balaban J connectivity index is 1.62. The molecule has 0 fully saturated rings. The van der Waals surface area contributed by atoms with Crippen molar-refractivity contribution in [3.05, 3.63) is 88.0 Å². The van der Waals surface area contributed by atoms with Gasteiger partial charge in [-0.25, -0.2) is 0 Å². The molecule has 1 amide bonds. The van der Waals surface area contributed by atoms with Crippen molar-refractivity contribution in [1.29, 1.82) is 0 Å². The number of rotatable bonds is 9. The van der Waals surface area contributed by atoms with Gasteiger partial charge in [-0.15, -0.1) is 0 Å². The summed E-state index contributed by atoms with van der Waals surface area (Å²) in [7, 11) is 3.15. The molecule has 0 spiro atoms. The average Bonchev–Trinajstić information content (AvgIpc) is 2.91. The van der Waals surface area contributed by atoms with E-state index in [-0.39, 0.29) is 18.2 Å². The van der Waals surface area contributed by atoms with Crippen molar-refractivity contribution in [3.63, 3.8) is 0 Å². The van der Waals surface area contributed by atoms with Crippen molar-refractivity contribution < 1.29 is 28.7 Å². The fraction of sp³-hybridized carbons (Fsp3) is 0.296. The molecule has 1 heterocycles. The summed E-state index contributed by atoms with van der Waals surface area (Å²) in [4.78, 5) is 25.8. The van der Waals surface area contributed by atoms with E-state index in [1.165, 1.54) is 12.1 Å². The molecule has 9 heteroatoms. The summed E-state index contributed by atoms with van der Waals surface area (Å²) >= 11 is 0. The molecule has 3 aromatic rings. The van der Waals surface area contributed by atoms with Crippen LogP contribution in [0.2, 0.25) is 0 Å². The van der Waals surface area contributed by atoms with Crippen molar-refractivity contribution in [1.82, 2.24) is 4.90 Å². The van der Waals surface area contributed by atoms with Gasteiger partial charge >= 0.3 is 0 Å². The van der Waals surface area contributed by atoms with E-state index in [0.29, 0.717) is 36.0 Å². The molecule has 2 atom stereocenters. The number of ether oxygens (including phenoxy) is 4. The lowest BCUT2D eigenvalue weighted by molar-refractivity contribution is -0.384. The molecule has 1 aliphatic heterocycles. The first-order chi connectivity index (χ1) is 17.4. The van der Waals surface area contributed by atoms with E-state index in [1.807, 2.05) is 42.5 Å². The topological polar surface area (TPSA) is 100 Å². The molecule has 0 aliphatic carbocycles. The van der Waals surface area contributed by atoms with E-state index >= 15 is 0 Å². The Morgan fingerprint density at radius 3 is 2.33 bits per heavy atom. The zero-order valence-corrected chi connectivity index (χ0v) is 20.4. The van der Waals surface area contributed by atoms with Crippen LogP contribution in [0.4, 0.5) is 5.69 Å². The highest BCUT2D eigenvalue weighted by Crippen LogP contribution is 2.39. The fourth-order valence-electron chi connectivity index (χ4n) is 4.30. The van der Waals surface area contributed by atoms with E-state index in [4.69, 9.17) is 18.9 Å². The Bertz CT molecular complexity index is 1210. The Morgan fingerprint density at radius 2 is 1.69 bits per heavy atom. The minimum atomic E-state index is -0.712. The molecule has 4 rings (SSSR count). The number of nitrogens with zero attached hydrogens (tertiary/aromatic N) is 2. The van der Waals surface area contributed by atoms with Crippen LogP contribution in [0.15, 0.2) is 66.7 Å². The standard InChI is InChI=1S/C27H28N2O7/c1-18(36-22-7-5-4-6-8-22)27(30)28-14-13-19-15-25(33-2)26(34-3)16-23(19)24(28)17-35-21-11-9-20(10-12-21)29(31)32/h4-12,15-16,18,24H,13-14,17H2,1-3H3/t18-,24+/m0/s1. The van der Waals surface area contributed by atoms with Gasteiger partial charge in [0.1, 0.15) is 18.1 Å². The number of methoxy groups -OCH3 is 2. The zero-order chi connectivity index (χ0) is 25.7. The van der Waals surface area contributed by atoms with Gasteiger partial charge in [0.15, 0.2) is 17.6 Å². The van der Waals surface area contributed by atoms with E-state index in [9.17, 15) is 14.9 Å². The second kappa shape index (κ2) is 11.0.